The maximum Gasteiger partial charge on any atom is 0.251 e. The van der Waals surface area contributed by atoms with Crippen molar-refractivity contribution in [2.24, 2.45) is 0 Å². The van der Waals surface area contributed by atoms with Gasteiger partial charge >= 0.3 is 0 Å². The largest absolute Gasteiger partial charge is 0.366 e. The average Bonchev–Trinajstić information content (AvgIpc) is 2.72. The van der Waals surface area contributed by atoms with Crippen LogP contribution < -0.4 is 10.9 Å². The lowest BCUT2D eigenvalue weighted by Gasteiger charge is -2.15. The number of sulfonamides is 1. The predicted molar refractivity (Wildman–Crippen MR) is 112 cm³/mol. The van der Waals surface area contributed by atoms with Gasteiger partial charge in [0.2, 0.25) is 10.0 Å². The molecule has 3 rings (SSSR count). The highest BCUT2D eigenvalue weighted by atomic mass is 32.2. The molecule has 0 fully saturated rings. The molecule has 0 aliphatic carbocycles. The van der Waals surface area contributed by atoms with Crippen molar-refractivity contribution in [2.75, 3.05) is 19.4 Å². The number of aromatic amines is 1. The van der Waals surface area contributed by atoms with Gasteiger partial charge in [0.1, 0.15) is 11.6 Å². The van der Waals surface area contributed by atoms with Crippen molar-refractivity contribution in [3.8, 4) is 11.4 Å². The Kier molecular flexibility index (Phi) is 6.09. The molecule has 0 unspecified atom stereocenters. The van der Waals surface area contributed by atoms with Crippen molar-refractivity contribution >= 4 is 15.8 Å². The summed E-state index contributed by atoms with van der Waals surface area (Å²) >= 11 is 0. The Bertz CT molecular complexity index is 1160. The van der Waals surface area contributed by atoms with Crippen molar-refractivity contribution < 1.29 is 8.42 Å². The Morgan fingerprint density at radius 1 is 1.14 bits per heavy atom. The van der Waals surface area contributed by atoms with E-state index in [0.29, 0.717) is 41.4 Å². The van der Waals surface area contributed by atoms with E-state index >= 15 is 0 Å². The SMILES string of the molecule is CCc1cc(=O)[nH]c(-c2ccc(NCc3ccccc3S(=O)(=O)N(C)C)nc2)n1. The fraction of sp³-hybridized carbons (Fsp3) is 0.250. The van der Waals surface area contributed by atoms with Gasteiger partial charge in [-0.25, -0.2) is 22.7 Å². The van der Waals surface area contributed by atoms with Crippen LogP contribution in [-0.2, 0) is 23.0 Å². The van der Waals surface area contributed by atoms with Crippen LogP contribution in [0.3, 0.4) is 0 Å². The van der Waals surface area contributed by atoms with Crippen LogP contribution in [0.25, 0.3) is 11.4 Å². The second-order valence-corrected chi connectivity index (χ2v) is 8.74. The van der Waals surface area contributed by atoms with E-state index in [1.54, 1.807) is 42.6 Å². The van der Waals surface area contributed by atoms with E-state index in [0.717, 1.165) is 0 Å². The number of aryl methyl sites for hydroxylation is 1. The quantitative estimate of drug-likeness (QED) is 0.615. The number of H-pyrrole nitrogens is 1. The molecule has 0 atom stereocenters. The van der Waals surface area contributed by atoms with E-state index in [4.69, 9.17) is 0 Å². The number of pyridine rings is 1. The Balaban J connectivity index is 1.79. The number of hydrogen-bond acceptors (Lipinski definition) is 6. The van der Waals surface area contributed by atoms with Gasteiger partial charge in [-0.05, 0) is 30.2 Å². The molecular formula is C20H23N5O3S. The van der Waals surface area contributed by atoms with Crippen LogP contribution in [0.5, 0.6) is 0 Å². The highest BCUT2D eigenvalue weighted by Gasteiger charge is 2.20. The van der Waals surface area contributed by atoms with Crippen molar-refractivity contribution in [1.29, 1.82) is 0 Å². The summed E-state index contributed by atoms with van der Waals surface area (Å²) in [4.78, 5) is 23.5. The fourth-order valence-corrected chi connectivity index (χ4v) is 3.86. The third-order valence-electron chi connectivity index (χ3n) is 4.39. The van der Waals surface area contributed by atoms with Gasteiger partial charge in [0, 0.05) is 44.2 Å². The molecular weight excluding hydrogens is 390 g/mol. The van der Waals surface area contributed by atoms with Gasteiger partial charge in [-0.15, -0.1) is 0 Å². The first-order chi connectivity index (χ1) is 13.8. The van der Waals surface area contributed by atoms with Crippen LogP contribution in [0, 0.1) is 0 Å². The fourth-order valence-electron chi connectivity index (χ4n) is 2.75. The number of benzene rings is 1. The van der Waals surface area contributed by atoms with Gasteiger partial charge in [0.05, 0.1) is 4.90 Å². The molecule has 0 aliphatic rings. The lowest BCUT2D eigenvalue weighted by molar-refractivity contribution is 0.520. The standard InChI is InChI=1S/C20H23N5O3S/c1-4-16-11-19(26)24-20(23-16)15-9-10-18(22-13-15)21-12-14-7-5-6-8-17(14)29(27,28)25(2)3/h5-11,13H,4,12H2,1-3H3,(H,21,22)(H,23,24,26). The van der Waals surface area contributed by atoms with Crippen LogP contribution in [0.15, 0.2) is 58.4 Å². The first kappa shape index (κ1) is 20.7. The number of anilines is 1. The minimum atomic E-state index is -3.53. The average molecular weight is 414 g/mol. The molecule has 1 aromatic carbocycles. The Morgan fingerprint density at radius 2 is 1.90 bits per heavy atom. The molecule has 0 spiro atoms. The first-order valence-corrected chi connectivity index (χ1v) is 10.6. The second-order valence-electron chi connectivity index (χ2n) is 6.62. The first-order valence-electron chi connectivity index (χ1n) is 9.12. The normalized spacial score (nSPS) is 11.6. The predicted octanol–water partition coefficient (Wildman–Crippen LogP) is 2.26. The van der Waals surface area contributed by atoms with Gasteiger partial charge in [0.25, 0.3) is 5.56 Å². The van der Waals surface area contributed by atoms with Gasteiger partial charge < -0.3 is 10.3 Å². The lowest BCUT2D eigenvalue weighted by atomic mass is 10.2. The number of rotatable bonds is 7. The number of nitrogens with one attached hydrogen (secondary N) is 2. The third kappa shape index (κ3) is 4.69. The van der Waals surface area contributed by atoms with Gasteiger partial charge in [-0.3, -0.25) is 4.79 Å². The smallest absolute Gasteiger partial charge is 0.251 e. The molecule has 2 aromatic heterocycles. The zero-order chi connectivity index (χ0) is 21.0. The highest BCUT2D eigenvalue weighted by molar-refractivity contribution is 7.89. The van der Waals surface area contributed by atoms with Crippen molar-refractivity contribution in [2.45, 2.75) is 24.8 Å². The summed E-state index contributed by atoms with van der Waals surface area (Å²) in [5.74, 6) is 1.05. The van der Waals surface area contributed by atoms with Gasteiger partial charge in [-0.2, -0.15) is 0 Å². The molecule has 2 heterocycles. The zero-order valence-electron chi connectivity index (χ0n) is 16.5. The molecule has 0 saturated carbocycles. The minimum absolute atomic E-state index is 0.201. The summed E-state index contributed by atoms with van der Waals surface area (Å²) in [5, 5.41) is 3.14. The Hall–Kier alpha value is -3.04. The summed E-state index contributed by atoms with van der Waals surface area (Å²) in [7, 11) is -0.523. The van der Waals surface area contributed by atoms with Crippen LogP contribution in [0.2, 0.25) is 0 Å². The van der Waals surface area contributed by atoms with Crippen molar-refractivity contribution in [3.05, 3.63) is 70.3 Å². The summed E-state index contributed by atoms with van der Waals surface area (Å²) in [6.45, 7) is 2.24. The minimum Gasteiger partial charge on any atom is -0.366 e. The molecule has 0 amide bonds. The molecule has 29 heavy (non-hydrogen) atoms. The van der Waals surface area contributed by atoms with Crippen molar-refractivity contribution in [3.63, 3.8) is 0 Å². The van der Waals surface area contributed by atoms with Crippen LogP contribution in [0.1, 0.15) is 18.2 Å². The highest BCUT2D eigenvalue weighted by Crippen LogP contribution is 2.20. The second kappa shape index (κ2) is 8.54. The molecule has 8 nitrogen and oxygen atoms in total. The molecule has 0 bridgehead atoms. The molecule has 3 aromatic rings. The monoisotopic (exact) mass is 413 g/mol. The molecule has 0 radical (unpaired) electrons. The maximum absolute atomic E-state index is 12.5. The molecule has 0 saturated heterocycles. The maximum atomic E-state index is 12.5. The summed E-state index contributed by atoms with van der Waals surface area (Å²) in [5.41, 5.74) is 1.85. The topological polar surface area (TPSA) is 108 Å². The van der Waals surface area contributed by atoms with E-state index in [1.807, 2.05) is 6.92 Å². The Labute approximate surface area is 169 Å². The molecule has 152 valence electrons. The van der Waals surface area contributed by atoms with Crippen molar-refractivity contribution in [1.82, 2.24) is 19.3 Å². The van der Waals surface area contributed by atoms with E-state index in [1.165, 1.54) is 24.5 Å². The van der Waals surface area contributed by atoms with E-state index < -0.39 is 10.0 Å². The Morgan fingerprint density at radius 3 is 2.55 bits per heavy atom. The van der Waals surface area contributed by atoms with Gasteiger partial charge in [0.15, 0.2) is 0 Å². The number of hydrogen-bond donors (Lipinski definition) is 2. The lowest BCUT2D eigenvalue weighted by Crippen LogP contribution is -2.23. The van der Waals surface area contributed by atoms with E-state index in [9.17, 15) is 13.2 Å². The van der Waals surface area contributed by atoms with Crippen LogP contribution in [-0.4, -0.2) is 41.8 Å². The summed E-state index contributed by atoms with van der Waals surface area (Å²) in [6, 6.07) is 11.9. The van der Waals surface area contributed by atoms with E-state index in [2.05, 4.69) is 20.3 Å². The van der Waals surface area contributed by atoms with Gasteiger partial charge in [-0.1, -0.05) is 25.1 Å². The molecule has 0 aliphatic heterocycles. The molecule has 2 N–H and O–H groups in total. The third-order valence-corrected chi connectivity index (χ3v) is 6.30. The summed E-state index contributed by atoms with van der Waals surface area (Å²) < 4.78 is 26.2. The number of aromatic nitrogens is 3. The van der Waals surface area contributed by atoms with E-state index in [-0.39, 0.29) is 10.5 Å². The number of nitrogens with zero attached hydrogens (tertiary/aromatic N) is 3. The zero-order valence-corrected chi connectivity index (χ0v) is 17.3. The van der Waals surface area contributed by atoms with Crippen LogP contribution >= 0.6 is 0 Å². The van der Waals surface area contributed by atoms with Crippen LogP contribution in [0.4, 0.5) is 5.82 Å². The summed E-state index contributed by atoms with van der Waals surface area (Å²) in [6.07, 6.45) is 2.28. The molecule has 9 heteroatoms.